The fourth-order valence-electron chi connectivity index (χ4n) is 12.6. The van der Waals surface area contributed by atoms with Gasteiger partial charge in [0.15, 0.2) is 0 Å². The molecule has 0 aliphatic heterocycles. The van der Waals surface area contributed by atoms with E-state index in [2.05, 4.69) is 268 Å². The standard InChI is InChI=1S/C68H50N2/c1-67(2)59-41-51(69(49-33-31-43-17-5-7-21-47(43)39-49)61-29-15-23-45-19-9-11-25-52(45)61)35-36-54(59)57-37-38-58-64-56-28-14-13-27-55(56)63(42-60(64)68(3,4)66(58)65(57)67)70(50-34-32-44-18-6-8-22-48(44)40-50)62-30-16-24-46-20-10-12-26-53(46)62/h5-42H,1-4H3. The Labute approximate surface area is 409 Å². The average molecular weight is 895 g/mol. The molecule has 0 amide bonds. The molecule has 0 saturated heterocycles. The number of rotatable bonds is 6. The van der Waals surface area contributed by atoms with E-state index in [4.69, 9.17) is 0 Å². The second kappa shape index (κ2) is 15.0. The van der Waals surface area contributed by atoms with E-state index in [1.165, 1.54) is 115 Å². The van der Waals surface area contributed by atoms with Crippen LogP contribution in [-0.2, 0) is 10.8 Å². The van der Waals surface area contributed by atoms with Crippen LogP contribution < -0.4 is 9.80 Å². The van der Waals surface area contributed by atoms with Crippen LogP contribution in [0.1, 0.15) is 49.9 Å². The molecule has 0 saturated carbocycles. The van der Waals surface area contributed by atoms with Gasteiger partial charge >= 0.3 is 0 Å². The predicted octanol–water partition coefficient (Wildman–Crippen LogP) is 19.0. The summed E-state index contributed by atoms with van der Waals surface area (Å²) in [5, 5.41) is 12.3. The topological polar surface area (TPSA) is 6.48 Å². The summed E-state index contributed by atoms with van der Waals surface area (Å²) in [4.78, 5) is 5.00. The molecule has 0 N–H and O–H groups in total. The second-order valence-corrected chi connectivity index (χ2v) is 20.5. The second-order valence-electron chi connectivity index (χ2n) is 20.5. The Balaban J connectivity index is 0.958. The Bertz CT molecular complexity index is 4140. The Kier molecular flexibility index (Phi) is 8.71. The third-order valence-electron chi connectivity index (χ3n) is 15.9. The summed E-state index contributed by atoms with van der Waals surface area (Å²) in [7, 11) is 0. The molecule has 2 aliphatic carbocycles. The highest BCUT2D eigenvalue weighted by molar-refractivity contribution is 6.13. The first-order valence-corrected chi connectivity index (χ1v) is 24.7. The van der Waals surface area contributed by atoms with Gasteiger partial charge in [-0.2, -0.15) is 0 Å². The van der Waals surface area contributed by atoms with Gasteiger partial charge in [0, 0.05) is 44.1 Å². The molecular formula is C68H50N2. The molecular weight excluding hydrogens is 845 g/mol. The minimum absolute atomic E-state index is 0.294. The number of hydrogen-bond acceptors (Lipinski definition) is 2. The van der Waals surface area contributed by atoms with E-state index in [0.717, 1.165) is 17.1 Å². The quantitative estimate of drug-likeness (QED) is 0.164. The smallest absolute Gasteiger partial charge is 0.0543 e. The first-order valence-electron chi connectivity index (χ1n) is 24.7. The zero-order chi connectivity index (χ0) is 46.9. The van der Waals surface area contributed by atoms with Crippen LogP contribution in [0.4, 0.5) is 34.1 Å². The number of anilines is 6. The van der Waals surface area contributed by atoms with Crippen molar-refractivity contribution in [2.75, 3.05) is 9.80 Å². The Morgan fingerprint density at radius 3 is 1.33 bits per heavy atom. The highest BCUT2D eigenvalue weighted by Crippen LogP contribution is 2.62. The summed E-state index contributed by atoms with van der Waals surface area (Å²) in [6, 6.07) is 86.0. The third kappa shape index (κ3) is 5.86. The van der Waals surface area contributed by atoms with E-state index in [1.807, 2.05) is 0 Å². The van der Waals surface area contributed by atoms with Crippen LogP contribution in [0.15, 0.2) is 231 Å². The largest absolute Gasteiger partial charge is 0.310 e. The van der Waals surface area contributed by atoms with Gasteiger partial charge in [-0.05, 0) is 137 Å². The van der Waals surface area contributed by atoms with E-state index in [0.29, 0.717) is 0 Å². The van der Waals surface area contributed by atoms with Crippen molar-refractivity contribution in [1.82, 2.24) is 0 Å². The number of hydrogen-bond donors (Lipinski definition) is 0. The monoisotopic (exact) mass is 894 g/mol. The van der Waals surface area contributed by atoms with Crippen molar-refractivity contribution in [3.05, 3.63) is 253 Å². The molecule has 0 aromatic heterocycles. The molecule has 12 aromatic carbocycles. The van der Waals surface area contributed by atoms with Crippen LogP contribution in [0.5, 0.6) is 0 Å². The van der Waals surface area contributed by atoms with Gasteiger partial charge in [-0.1, -0.05) is 204 Å². The highest BCUT2D eigenvalue weighted by Gasteiger charge is 2.47. The molecule has 0 unspecified atom stereocenters. The van der Waals surface area contributed by atoms with Crippen molar-refractivity contribution in [2.45, 2.75) is 38.5 Å². The fourth-order valence-corrected chi connectivity index (χ4v) is 12.6. The lowest BCUT2D eigenvalue weighted by atomic mass is 9.72. The maximum absolute atomic E-state index is 2.54. The predicted molar refractivity (Wildman–Crippen MR) is 298 cm³/mol. The zero-order valence-electron chi connectivity index (χ0n) is 39.8. The zero-order valence-corrected chi connectivity index (χ0v) is 39.8. The number of fused-ring (bicyclic) bond motifs is 13. The first-order chi connectivity index (χ1) is 34.2. The van der Waals surface area contributed by atoms with Crippen LogP contribution >= 0.6 is 0 Å². The molecule has 12 aromatic rings. The van der Waals surface area contributed by atoms with Crippen LogP contribution in [-0.4, -0.2) is 0 Å². The van der Waals surface area contributed by atoms with Crippen LogP contribution in [0.3, 0.4) is 0 Å². The molecule has 0 atom stereocenters. The normalized spacial score (nSPS) is 13.9. The van der Waals surface area contributed by atoms with Crippen molar-refractivity contribution in [1.29, 1.82) is 0 Å². The first kappa shape index (κ1) is 40.6. The van der Waals surface area contributed by atoms with Gasteiger partial charge in [0.05, 0.1) is 17.1 Å². The third-order valence-corrected chi connectivity index (χ3v) is 15.9. The number of benzene rings is 12. The molecule has 0 spiro atoms. The summed E-state index contributed by atoms with van der Waals surface area (Å²) < 4.78 is 0. The maximum atomic E-state index is 2.54. The van der Waals surface area contributed by atoms with Crippen molar-refractivity contribution >= 4 is 88.0 Å². The SMILES string of the molecule is CC1(C)c2cc(N(c3ccc4ccccc4c3)c3cccc4ccccc34)ccc2-c2ccc3c(c21)C(C)(C)c1cc(N(c2ccc4ccccc4c2)c2cccc4ccccc24)c2ccccc2c1-3. The summed E-state index contributed by atoms with van der Waals surface area (Å²) in [6.07, 6.45) is 0. The average Bonchev–Trinajstić information content (AvgIpc) is 3.77. The highest BCUT2D eigenvalue weighted by atomic mass is 15.2. The Hall–Kier alpha value is -8.46. The molecule has 0 heterocycles. The van der Waals surface area contributed by atoms with Gasteiger partial charge in [-0.3, -0.25) is 0 Å². The van der Waals surface area contributed by atoms with E-state index >= 15 is 0 Å². The molecule has 0 fully saturated rings. The fraction of sp³-hybridized carbons (Fsp3) is 0.0882. The van der Waals surface area contributed by atoms with E-state index < -0.39 is 0 Å². The molecule has 14 rings (SSSR count). The molecule has 2 nitrogen and oxygen atoms in total. The van der Waals surface area contributed by atoms with Crippen molar-refractivity contribution in [3.63, 3.8) is 0 Å². The lowest BCUT2D eigenvalue weighted by Crippen LogP contribution is -2.24. The molecule has 2 aliphatic rings. The molecule has 2 heteroatoms. The van der Waals surface area contributed by atoms with E-state index in [9.17, 15) is 0 Å². The van der Waals surface area contributed by atoms with Crippen LogP contribution in [0.2, 0.25) is 0 Å². The summed E-state index contributed by atoms with van der Waals surface area (Å²) in [5.74, 6) is 0. The van der Waals surface area contributed by atoms with Gasteiger partial charge in [0.1, 0.15) is 0 Å². The molecule has 0 radical (unpaired) electrons. The van der Waals surface area contributed by atoms with Crippen molar-refractivity contribution in [2.24, 2.45) is 0 Å². The van der Waals surface area contributed by atoms with Crippen molar-refractivity contribution in [3.8, 4) is 22.3 Å². The van der Waals surface area contributed by atoms with Gasteiger partial charge in [0.2, 0.25) is 0 Å². The van der Waals surface area contributed by atoms with E-state index in [1.54, 1.807) is 0 Å². The lowest BCUT2D eigenvalue weighted by Gasteiger charge is -2.33. The van der Waals surface area contributed by atoms with E-state index in [-0.39, 0.29) is 10.8 Å². The minimum Gasteiger partial charge on any atom is -0.310 e. The summed E-state index contributed by atoms with van der Waals surface area (Å²) in [6.45, 7) is 9.87. The Morgan fingerprint density at radius 1 is 0.271 bits per heavy atom. The molecule has 332 valence electrons. The van der Waals surface area contributed by atoms with Gasteiger partial charge in [-0.25, -0.2) is 0 Å². The van der Waals surface area contributed by atoms with Crippen LogP contribution in [0, 0.1) is 0 Å². The van der Waals surface area contributed by atoms with Gasteiger partial charge in [0.25, 0.3) is 0 Å². The Morgan fingerprint density at radius 2 is 0.700 bits per heavy atom. The van der Waals surface area contributed by atoms with Crippen LogP contribution in [0.25, 0.3) is 76.1 Å². The van der Waals surface area contributed by atoms with Crippen molar-refractivity contribution < 1.29 is 0 Å². The summed E-state index contributed by atoms with van der Waals surface area (Å²) >= 11 is 0. The lowest BCUT2D eigenvalue weighted by molar-refractivity contribution is 0.601. The maximum Gasteiger partial charge on any atom is 0.0543 e. The number of nitrogens with zero attached hydrogens (tertiary/aromatic N) is 2. The molecule has 0 bridgehead atoms. The van der Waals surface area contributed by atoms with Gasteiger partial charge < -0.3 is 9.80 Å². The molecule has 70 heavy (non-hydrogen) atoms. The minimum atomic E-state index is -0.315. The van der Waals surface area contributed by atoms with Gasteiger partial charge in [-0.15, -0.1) is 0 Å². The summed E-state index contributed by atoms with van der Waals surface area (Å²) in [5.41, 5.74) is 17.3.